The Bertz CT molecular complexity index is 705. The lowest BCUT2D eigenvalue weighted by Gasteiger charge is -2.19. The van der Waals surface area contributed by atoms with E-state index in [-0.39, 0.29) is 0 Å². The Balaban J connectivity index is 1.95. The zero-order chi connectivity index (χ0) is 16.8. The Hall–Kier alpha value is -2.31. The molecule has 24 heavy (non-hydrogen) atoms. The Morgan fingerprint density at radius 3 is 1.50 bits per heavy atom. The molecule has 0 aromatic heterocycles. The summed E-state index contributed by atoms with van der Waals surface area (Å²) in [7, 11) is 2.93. The standard InChI is InChI=1S/C21H21O2P/c1-22-18-8-12-20(13-9-18)24(16-17-6-4-3-5-7-17)21-14-10-19(23-2)11-15-21/h3-15H,16H2,1-2H3. The van der Waals surface area contributed by atoms with Gasteiger partial charge in [-0.1, -0.05) is 54.6 Å². The van der Waals surface area contributed by atoms with E-state index in [0.717, 1.165) is 17.7 Å². The van der Waals surface area contributed by atoms with Gasteiger partial charge in [0.2, 0.25) is 0 Å². The maximum absolute atomic E-state index is 5.29. The molecule has 3 aromatic rings. The van der Waals surface area contributed by atoms with Crippen molar-refractivity contribution in [2.24, 2.45) is 0 Å². The lowest BCUT2D eigenvalue weighted by molar-refractivity contribution is 0.415. The van der Waals surface area contributed by atoms with Crippen molar-refractivity contribution < 1.29 is 9.47 Å². The molecule has 0 fully saturated rings. The molecule has 0 aliphatic heterocycles. The largest absolute Gasteiger partial charge is 0.497 e. The van der Waals surface area contributed by atoms with E-state index in [1.807, 2.05) is 24.3 Å². The molecule has 3 heteroatoms. The van der Waals surface area contributed by atoms with Gasteiger partial charge in [-0.15, -0.1) is 0 Å². The summed E-state index contributed by atoms with van der Waals surface area (Å²) in [5.74, 6) is 1.78. The fourth-order valence-corrected chi connectivity index (χ4v) is 4.88. The van der Waals surface area contributed by atoms with Crippen LogP contribution in [0.1, 0.15) is 5.56 Å². The van der Waals surface area contributed by atoms with Crippen LogP contribution in [0.3, 0.4) is 0 Å². The number of rotatable bonds is 6. The first-order valence-electron chi connectivity index (χ1n) is 7.90. The van der Waals surface area contributed by atoms with Gasteiger partial charge in [0.15, 0.2) is 0 Å². The van der Waals surface area contributed by atoms with Crippen LogP contribution in [0.5, 0.6) is 11.5 Å². The van der Waals surface area contributed by atoms with Crippen LogP contribution in [0.15, 0.2) is 78.9 Å². The van der Waals surface area contributed by atoms with Crippen LogP contribution in [0.2, 0.25) is 0 Å². The van der Waals surface area contributed by atoms with Crippen LogP contribution in [-0.4, -0.2) is 14.2 Å². The van der Waals surface area contributed by atoms with E-state index >= 15 is 0 Å². The molecule has 0 saturated carbocycles. The van der Waals surface area contributed by atoms with Crippen molar-refractivity contribution in [1.29, 1.82) is 0 Å². The summed E-state index contributed by atoms with van der Waals surface area (Å²) in [5.41, 5.74) is 1.36. The second-order valence-electron chi connectivity index (χ2n) is 5.47. The Morgan fingerprint density at radius 1 is 0.625 bits per heavy atom. The van der Waals surface area contributed by atoms with E-state index < -0.39 is 7.92 Å². The molecule has 0 amide bonds. The highest BCUT2D eigenvalue weighted by molar-refractivity contribution is 7.72. The summed E-state index contributed by atoms with van der Waals surface area (Å²) >= 11 is 0. The normalized spacial score (nSPS) is 10.6. The maximum atomic E-state index is 5.29. The van der Waals surface area contributed by atoms with Crippen LogP contribution in [0, 0.1) is 0 Å². The van der Waals surface area contributed by atoms with Gasteiger partial charge in [0.1, 0.15) is 11.5 Å². The van der Waals surface area contributed by atoms with Crippen molar-refractivity contribution in [2.45, 2.75) is 6.16 Å². The van der Waals surface area contributed by atoms with Crippen molar-refractivity contribution in [3.63, 3.8) is 0 Å². The number of methoxy groups -OCH3 is 2. The van der Waals surface area contributed by atoms with Crippen LogP contribution in [-0.2, 0) is 6.16 Å². The van der Waals surface area contributed by atoms with Crippen molar-refractivity contribution in [3.05, 3.63) is 84.4 Å². The van der Waals surface area contributed by atoms with Crippen LogP contribution in [0.25, 0.3) is 0 Å². The number of hydrogen-bond acceptors (Lipinski definition) is 2. The average Bonchev–Trinajstić information content (AvgIpc) is 2.67. The first kappa shape index (κ1) is 16.5. The second-order valence-corrected chi connectivity index (χ2v) is 7.67. The van der Waals surface area contributed by atoms with Crippen molar-refractivity contribution in [2.75, 3.05) is 14.2 Å². The van der Waals surface area contributed by atoms with Gasteiger partial charge in [-0.3, -0.25) is 0 Å². The fraction of sp³-hybridized carbons (Fsp3) is 0.143. The smallest absolute Gasteiger partial charge is 0.118 e. The van der Waals surface area contributed by atoms with Gasteiger partial charge in [-0.25, -0.2) is 0 Å². The lowest BCUT2D eigenvalue weighted by atomic mass is 10.2. The molecular weight excluding hydrogens is 315 g/mol. The molecular formula is C21H21O2P. The maximum Gasteiger partial charge on any atom is 0.118 e. The molecule has 3 rings (SSSR count). The monoisotopic (exact) mass is 336 g/mol. The van der Waals surface area contributed by atoms with E-state index in [4.69, 9.17) is 9.47 Å². The zero-order valence-corrected chi connectivity index (χ0v) is 14.9. The minimum absolute atomic E-state index is 0.473. The quantitative estimate of drug-likeness (QED) is 0.624. The van der Waals surface area contributed by atoms with E-state index in [1.54, 1.807) is 14.2 Å². The first-order chi connectivity index (χ1) is 11.8. The highest BCUT2D eigenvalue weighted by Crippen LogP contribution is 2.38. The van der Waals surface area contributed by atoms with E-state index in [1.165, 1.54) is 16.2 Å². The Kier molecular flexibility index (Phi) is 5.51. The summed E-state index contributed by atoms with van der Waals surface area (Å²) in [6.45, 7) is 0. The highest BCUT2D eigenvalue weighted by Gasteiger charge is 2.15. The van der Waals surface area contributed by atoms with E-state index in [0.29, 0.717) is 0 Å². The van der Waals surface area contributed by atoms with Crippen molar-refractivity contribution in [1.82, 2.24) is 0 Å². The van der Waals surface area contributed by atoms with Gasteiger partial charge in [-0.2, -0.15) is 0 Å². The average molecular weight is 336 g/mol. The van der Waals surface area contributed by atoms with Gasteiger partial charge in [0.05, 0.1) is 14.2 Å². The molecule has 0 spiro atoms. The predicted octanol–water partition coefficient (Wildman–Crippen LogP) is 4.34. The van der Waals surface area contributed by atoms with Gasteiger partial charge in [0.25, 0.3) is 0 Å². The lowest BCUT2D eigenvalue weighted by Crippen LogP contribution is -2.13. The molecule has 122 valence electrons. The van der Waals surface area contributed by atoms with Crippen molar-refractivity contribution >= 4 is 18.5 Å². The van der Waals surface area contributed by atoms with E-state index in [2.05, 4.69) is 54.6 Å². The molecule has 3 aromatic carbocycles. The van der Waals surface area contributed by atoms with Gasteiger partial charge < -0.3 is 9.47 Å². The van der Waals surface area contributed by atoms with Gasteiger partial charge >= 0.3 is 0 Å². The molecule has 0 aliphatic carbocycles. The molecule has 0 saturated heterocycles. The third-order valence-corrected chi connectivity index (χ3v) is 6.48. The minimum Gasteiger partial charge on any atom is -0.497 e. The minimum atomic E-state index is -0.473. The Morgan fingerprint density at radius 2 is 1.08 bits per heavy atom. The van der Waals surface area contributed by atoms with Crippen LogP contribution in [0.4, 0.5) is 0 Å². The molecule has 0 atom stereocenters. The highest BCUT2D eigenvalue weighted by atomic mass is 31.1. The summed E-state index contributed by atoms with van der Waals surface area (Å²) in [5, 5.41) is 2.69. The number of hydrogen-bond donors (Lipinski definition) is 0. The third kappa shape index (κ3) is 3.96. The first-order valence-corrected chi connectivity index (χ1v) is 9.42. The van der Waals surface area contributed by atoms with E-state index in [9.17, 15) is 0 Å². The summed E-state index contributed by atoms with van der Waals surface area (Å²) < 4.78 is 10.6. The van der Waals surface area contributed by atoms with Crippen LogP contribution < -0.4 is 20.1 Å². The molecule has 2 nitrogen and oxygen atoms in total. The third-order valence-electron chi connectivity index (χ3n) is 3.95. The summed E-state index contributed by atoms with van der Waals surface area (Å²) in [4.78, 5) is 0. The molecule has 0 aliphatic rings. The number of ether oxygens (including phenoxy) is 2. The molecule has 0 bridgehead atoms. The van der Waals surface area contributed by atoms with Gasteiger partial charge in [-0.05, 0) is 48.4 Å². The number of benzene rings is 3. The van der Waals surface area contributed by atoms with Gasteiger partial charge in [0, 0.05) is 6.16 Å². The summed E-state index contributed by atoms with van der Waals surface area (Å²) in [6.07, 6.45) is 1.02. The van der Waals surface area contributed by atoms with Crippen molar-refractivity contribution in [3.8, 4) is 11.5 Å². The fourth-order valence-electron chi connectivity index (χ4n) is 2.62. The van der Waals surface area contributed by atoms with Crippen LogP contribution >= 0.6 is 7.92 Å². The summed E-state index contributed by atoms with van der Waals surface area (Å²) in [6, 6.07) is 27.5. The molecule has 0 N–H and O–H groups in total. The SMILES string of the molecule is COc1ccc(P(Cc2ccccc2)c2ccc(OC)cc2)cc1. The zero-order valence-electron chi connectivity index (χ0n) is 14.0. The second kappa shape index (κ2) is 7.99. The molecule has 0 unspecified atom stereocenters. The Labute approximate surface area is 144 Å². The molecule has 0 radical (unpaired) electrons. The predicted molar refractivity (Wildman–Crippen MR) is 102 cm³/mol. The molecule has 0 heterocycles. The topological polar surface area (TPSA) is 18.5 Å².